The van der Waals surface area contributed by atoms with Crippen LogP contribution in [-0.2, 0) is 9.59 Å². The van der Waals surface area contributed by atoms with Crippen molar-refractivity contribution in [3.8, 4) is 22.8 Å². The van der Waals surface area contributed by atoms with Gasteiger partial charge in [0.1, 0.15) is 5.70 Å². The Morgan fingerprint density at radius 3 is 2.22 bits per heavy atom. The van der Waals surface area contributed by atoms with E-state index < -0.39 is 17.1 Å². The van der Waals surface area contributed by atoms with Crippen molar-refractivity contribution in [3.63, 3.8) is 0 Å². The monoisotopic (exact) mass is 732 g/mol. The van der Waals surface area contributed by atoms with E-state index in [1.165, 1.54) is 29.2 Å². The Morgan fingerprint density at radius 2 is 1.55 bits per heavy atom. The molecular formula is C36H30Cl2N4O5S2. The summed E-state index contributed by atoms with van der Waals surface area (Å²) in [4.78, 5) is 44.8. The van der Waals surface area contributed by atoms with E-state index in [4.69, 9.17) is 32.7 Å². The summed E-state index contributed by atoms with van der Waals surface area (Å²) < 4.78 is 10.7. The van der Waals surface area contributed by atoms with E-state index >= 15 is 0 Å². The molecule has 0 spiro atoms. The highest BCUT2D eigenvalue weighted by atomic mass is 35.5. The third-order valence-corrected chi connectivity index (χ3v) is 9.55. The van der Waals surface area contributed by atoms with Crippen molar-refractivity contribution in [3.05, 3.63) is 123 Å². The highest BCUT2D eigenvalue weighted by molar-refractivity contribution is 8.00. The molecule has 0 aliphatic carbocycles. The van der Waals surface area contributed by atoms with Crippen LogP contribution in [0.4, 0.5) is 10.8 Å². The molecule has 0 aliphatic rings. The zero-order valence-corrected chi connectivity index (χ0v) is 29.6. The molecule has 9 nitrogen and oxygen atoms in total. The van der Waals surface area contributed by atoms with E-state index in [2.05, 4.69) is 20.9 Å². The van der Waals surface area contributed by atoms with Crippen molar-refractivity contribution in [2.75, 3.05) is 24.9 Å². The Hall–Kier alpha value is -4.81. The quantitative estimate of drug-likeness (QED) is 0.0868. The fraction of sp³-hybridized carbons (Fsp3) is 0.111. The number of ether oxygens (including phenoxy) is 2. The maximum absolute atomic E-state index is 13.4. The highest BCUT2D eigenvalue weighted by Gasteiger charge is 2.19. The van der Waals surface area contributed by atoms with Crippen molar-refractivity contribution in [2.45, 2.75) is 17.1 Å². The normalized spacial score (nSPS) is 11.7. The molecule has 1 unspecified atom stereocenters. The van der Waals surface area contributed by atoms with Crippen LogP contribution in [0.15, 0.2) is 107 Å². The fourth-order valence-electron chi connectivity index (χ4n) is 4.47. The number of halogens is 2. The molecule has 3 amide bonds. The lowest BCUT2D eigenvalue weighted by molar-refractivity contribution is -0.115. The van der Waals surface area contributed by atoms with E-state index in [-0.39, 0.29) is 11.6 Å². The van der Waals surface area contributed by atoms with E-state index in [1.807, 2.05) is 17.5 Å². The van der Waals surface area contributed by atoms with E-state index in [0.29, 0.717) is 49.2 Å². The Morgan fingerprint density at radius 1 is 0.857 bits per heavy atom. The number of hydrogen-bond donors (Lipinski definition) is 3. The number of carbonyl (C=O) groups is 3. The van der Waals surface area contributed by atoms with Crippen LogP contribution >= 0.6 is 46.3 Å². The number of anilines is 2. The second-order valence-electron chi connectivity index (χ2n) is 10.3. The number of nitrogens with one attached hydrogen (secondary N) is 3. The molecule has 250 valence electrons. The first-order chi connectivity index (χ1) is 23.6. The Kier molecular flexibility index (Phi) is 12.0. The number of aromatic nitrogens is 1. The third-order valence-electron chi connectivity index (χ3n) is 7.03. The molecule has 1 heterocycles. The number of carbonyl (C=O) groups excluding carboxylic acids is 3. The molecule has 3 N–H and O–H groups in total. The summed E-state index contributed by atoms with van der Waals surface area (Å²) in [6.45, 7) is 1.80. The maximum Gasteiger partial charge on any atom is 0.272 e. The van der Waals surface area contributed by atoms with Crippen molar-refractivity contribution in [1.82, 2.24) is 10.3 Å². The van der Waals surface area contributed by atoms with Gasteiger partial charge in [-0.1, -0.05) is 47.5 Å². The number of hydrogen-bond acceptors (Lipinski definition) is 8. The standard InChI is InChI=1S/C36H30Cl2N4O5S2/c1-21(33(43)42-36-41-30(20-48-36)23-12-17-31(46-2)32(18-23)47-3)49-25-15-13-24(14-16-25)39-35(45)29(19-26-27(37)10-7-11-28(26)38)40-34(44)22-8-5-4-6-9-22/h4-21H,1-3H3,(H,39,45)(H,40,44)(H,41,42,43)/b29-19-. The van der Waals surface area contributed by atoms with Gasteiger partial charge in [-0.15, -0.1) is 23.1 Å². The van der Waals surface area contributed by atoms with Crippen LogP contribution in [-0.4, -0.2) is 42.2 Å². The van der Waals surface area contributed by atoms with Gasteiger partial charge in [0.15, 0.2) is 16.6 Å². The van der Waals surface area contributed by atoms with Gasteiger partial charge in [-0.3, -0.25) is 14.4 Å². The summed E-state index contributed by atoms with van der Waals surface area (Å²) in [5.41, 5.74) is 2.72. The van der Waals surface area contributed by atoms with Crippen LogP contribution in [0, 0.1) is 0 Å². The van der Waals surface area contributed by atoms with Gasteiger partial charge in [0.05, 0.1) is 25.2 Å². The fourth-order valence-corrected chi connectivity index (χ4v) is 6.57. The Bertz CT molecular complexity index is 1980. The smallest absolute Gasteiger partial charge is 0.272 e. The van der Waals surface area contributed by atoms with E-state index in [1.54, 1.807) is 100 Å². The molecular weight excluding hydrogens is 703 g/mol. The van der Waals surface area contributed by atoms with Crippen LogP contribution in [0.3, 0.4) is 0 Å². The summed E-state index contributed by atoms with van der Waals surface area (Å²) in [5.74, 6) is -0.0619. The molecule has 1 atom stereocenters. The number of thiazole rings is 1. The van der Waals surface area contributed by atoms with E-state index in [9.17, 15) is 14.4 Å². The zero-order chi connectivity index (χ0) is 34.9. The van der Waals surface area contributed by atoms with Crippen LogP contribution in [0.2, 0.25) is 10.0 Å². The minimum Gasteiger partial charge on any atom is -0.493 e. The highest BCUT2D eigenvalue weighted by Crippen LogP contribution is 2.34. The van der Waals surface area contributed by atoms with Crippen molar-refractivity contribution >= 4 is 80.9 Å². The predicted molar refractivity (Wildman–Crippen MR) is 198 cm³/mol. The number of benzene rings is 4. The number of amides is 3. The Labute approximate surface area is 301 Å². The first-order valence-electron chi connectivity index (χ1n) is 14.7. The summed E-state index contributed by atoms with van der Waals surface area (Å²) in [7, 11) is 3.14. The molecule has 0 saturated carbocycles. The first-order valence-corrected chi connectivity index (χ1v) is 17.3. The lowest BCUT2D eigenvalue weighted by Crippen LogP contribution is -2.30. The predicted octanol–water partition coefficient (Wildman–Crippen LogP) is 8.66. The van der Waals surface area contributed by atoms with Gasteiger partial charge in [0, 0.05) is 42.7 Å². The maximum atomic E-state index is 13.4. The minimum atomic E-state index is -0.579. The number of methoxy groups -OCH3 is 2. The second-order valence-corrected chi connectivity index (χ2v) is 13.4. The molecule has 0 fully saturated rings. The van der Waals surface area contributed by atoms with Gasteiger partial charge in [-0.05, 0) is 79.7 Å². The van der Waals surface area contributed by atoms with Crippen LogP contribution in [0.5, 0.6) is 11.5 Å². The molecule has 0 aliphatic heterocycles. The largest absolute Gasteiger partial charge is 0.493 e. The number of thioether (sulfide) groups is 1. The molecule has 13 heteroatoms. The van der Waals surface area contributed by atoms with Gasteiger partial charge in [0.2, 0.25) is 5.91 Å². The van der Waals surface area contributed by atoms with Gasteiger partial charge >= 0.3 is 0 Å². The summed E-state index contributed by atoms with van der Waals surface area (Å²) in [5, 5.41) is 10.9. The Balaban J connectivity index is 1.22. The van der Waals surface area contributed by atoms with Crippen molar-refractivity contribution in [1.29, 1.82) is 0 Å². The van der Waals surface area contributed by atoms with Crippen LogP contribution in [0.25, 0.3) is 17.3 Å². The molecule has 1 aromatic heterocycles. The van der Waals surface area contributed by atoms with Crippen LogP contribution in [0.1, 0.15) is 22.8 Å². The summed E-state index contributed by atoms with van der Waals surface area (Å²) >= 11 is 15.4. The molecule has 0 bridgehead atoms. The molecule has 0 radical (unpaired) electrons. The molecule has 4 aromatic carbocycles. The molecule has 5 aromatic rings. The SMILES string of the molecule is COc1ccc(-c2csc(NC(=O)C(C)Sc3ccc(NC(=O)/C(=C/c4c(Cl)cccc4Cl)NC(=O)c4ccccc4)cc3)n2)cc1OC. The van der Waals surface area contributed by atoms with Gasteiger partial charge in [0.25, 0.3) is 11.8 Å². The first kappa shape index (κ1) is 35.5. The molecule has 0 saturated heterocycles. The average molecular weight is 734 g/mol. The molecule has 5 rings (SSSR count). The van der Waals surface area contributed by atoms with Crippen molar-refractivity contribution < 1.29 is 23.9 Å². The van der Waals surface area contributed by atoms with Gasteiger partial charge in [-0.25, -0.2) is 4.98 Å². The lowest BCUT2D eigenvalue weighted by Gasteiger charge is -2.13. The lowest BCUT2D eigenvalue weighted by atomic mass is 10.1. The zero-order valence-electron chi connectivity index (χ0n) is 26.5. The summed E-state index contributed by atoms with van der Waals surface area (Å²) in [6.07, 6.45) is 1.44. The number of rotatable bonds is 12. The summed E-state index contributed by atoms with van der Waals surface area (Å²) in [6, 6.07) is 26.0. The van der Waals surface area contributed by atoms with Gasteiger partial charge in [-0.2, -0.15) is 0 Å². The average Bonchev–Trinajstić information content (AvgIpc) is 3.58. The minimum absolute atomic E-state index is 0.0518. The van der Waals surface area contributed by atoms with E-state index in [0.717, 1.165) is 10.5 Å². The van der Waals surface area contributed by atoms with Crippen molar-refractivity contribution in [2.24, 2.45) is 0 Å². The topological polar surface area (TPSA) is 119 Å². The third kappa shape index (κ3) is 9.21. The number of nitrogens with zero attached hydrogens (tertiary/aromatic N) is 1. The van der Waals surface area contributed by atoms with Crippen LogP contribution < -0.4 is 25.4 Å². The van der Waals surface area contributed by atoms with Gasteiger partial charge < -0.3 is 25.4 Å². The second kappa shape index (κ2) is 16.5. The molecule has 49 heavy (non-hydrogen) atoms.